The van der Waals surface area contributed by atoms with Crippen molar-refractivity contribution in [1.29, 1.82) is 0 Å². The molecule has 0 saturated heterocycles. The molecule has 1 N–H and O–H groups in total. The zero-order valence-corrected chi connectivity index (χ0v) is 17.4. The van der Waals surface area contributed by atoms with Crippen LogP contribution in [0.3, 0.4) is 0 Å². The minimum Gasteiger partial charge on any atom is -0.322 e. The molecule has 0 aliphatic heterocycles. The van der Waals surface area contributed by atoms with Gasteiger partial charge in [0.25, 0.3) is 5.91 Å². The lowest BCUT2D eigenvalue weighted by molar-refractivity contribution is 0.102. The van der Waals surface area contributed by atoms with Crippen molar-refractivity contribution in [3.05, 3.63) is 102 Å². The predicted octanol–water partition coefficient (Wildman–Crippen LogP) is 4.50. The van der Waals surface area contributed by atoms with Crippen molar-refractivity contribution in [3.8, 4) is 11.4 Å². The molecule has 5 aromatic rings. The molecule has 0 atom stereocenters. The summed E-state index contributed by atoms with van der Waals surface area (Å²) in [6, 6.07) is 21.1. The van der Waals surface area contributed by atoms with Crippen LogP contribution < -0.4 is 5.32 Å². The zero-order valence-electron chi connectivity index (χ0n) is 17.4. The second-order valence-corrected chi connectivity index (χ2v) is 7.54. The normalized spacial score (nSPS) is 10.9. The fourth-order valence-corrected chi connectivity index (χ4v) is 3.62. The van der Waals surface area contributed by atoms with Gasteiger partial charge in [-0.1, -0.05) is 29.8 Å². The van der Waals surface area contributed by atoms with Crippen molar-refractivity contribution in [3.63, 3.8) is 0 Å². The number of amides is 1. The number of hydrogen-bond donors (Lipinski definition) is 1. The molecular formula is C25H20N6O. The SMILES string of the molecule is Cc1ccc2nc(-c3ccccn3)cc(C(=O)Nc3cccc(Cn4cncn4)c3)c2c1. The maximum Gasteiger partial charge on any atom is 0.256 e. The molecule has 0 aliphatic rings. The number of aryl methyl sites for hydroxylation is 1. The number of hydrogen-bond acceptors (Lipinski definition) is 5. The molecule has 5 rings (SSSR count). The number of nitrogens with zero attached hydrogens (tertiary/aromatic N) is 5. The van der Waals surface area contributed by atoms with Crippen LogP contribution in [0.1, 0.15) is 21.5 Å². The van der Waals surface area contributed by atoms with Crippen LogP contribution in [-0.4, -0.2) is 30.6 Å². The van der Waals surface area contributed by atoms with Gasteiger partial charge in [-0.05, 0) is 55.0 Å². The summed E-state index contributed by atoms with van der Waals surface area (Å²) in [5, 5.41) is 7.98. The molecule has 7 heteroatoms. The molecule has 2 aromatic carbocycles. The summed E-state index contributed by atoms with van der Waals surface area (Å²) in [6.45, 7) is 2.58. The van der Waals surface area contributed by atoms with Gasteiger partial charge < -0.3 is 5.32 Å². The number of aromatic nitrogens is 5. The molecule has 0 radical (unpaired) electrons. The van der Waals surface area contributed by atoms with E-state index >= 15 is 0 Å². The van der Waals surface area contributed by atoms with Crippen LogP contribution in [0.15, 0.2) is 85.6 Å². The third kappa shape index (κ3) is 4.09. The summed E-state index contributed by atoms with van der Waals surface area (Å²) in [6.07, 6.45) is 4.88. The molecule has 0 spiro atoms. The number of rotatable bonds is 5. The van der Waals surface area contributed by atoms with E-state index in [1.54, 1.807) is 23.3 Å². The summed E-state index contributed by atoms with van der Waals surface area (Å²) in [7, 11) is 0. The smallest absolute Gasteiger partial charge is 0.256 e. The number of carbonyl (C=O) groups is 1. The Morgan fingerprint density at radius 2 is 1.94 bits per heavy atom. The quantitative estimate of drug-likeness (QED) is 0.453. The van der Waals surface area contributed by atoms with E-state index in [4.69, 9.17) is 4.98 Å². The number of nitrogens with one attached hydrogen (secondary N) is 1. The fourth-order valence-electron chi connectivity index (χ4n) is 3.62. The lowest BCUT2D eigenvalue weighted by Crippen LogP contribution is -2.13. The molecule has 0 fully saturated rings. The first-order chi connectivity index (χ1) is 15.7. The molecule has 32 heavy (non-hydrogen) atoms. The van der Waals surface area contributed by atoms with Gasteiger partial charge in [-0.25, -0.2) is 14.6 Å². The van der Waals surface area contributed by atoms with E-state index in [-0.39, 0.29) is 5.91 Å². The second kappa shape index (κ2) is 8.39. The molecule has 0 saturated carbocycles. The number of carbonyl (C=O) groups excluding carboxylic acids is 1. The lowest BCUT2D eigenvalue weighted by Gasteiger charge is -2.12. The second-order valence-electron chi connectivity index (χ2n) is 7.54. The molecule has 156 valence electrons. The van der Waals surface area contributed by atoms with Gasteiger partial charge in [-0.15, -0.1) is 0 Å². The van der Waals surface area contributed by atoms with Gasteiger partial charge in [0, 0.05) is 17.3 Å². The monoisotopic (exact) mass is 420 g/mol. The van der Waals surface area contributed by atoms with Gasteiger partial charge in [-0.3, -0.25) is 9.78 Å². The highest BCUT2D eigenvalue weighted by Crippen LogP contribution is 2.26. The summed E-state index contributed by atoms with van der Waals surface area (Å²) in [4.78, 5) is 26.5. The average Bonchev–Trinajstić information content (AvgIpc) is 3.32. The highest BCUT2D eigenvalue weighted by molar-refractivity contribution is 6.13. The van der Waals surface area contributed by atoms with Crippen molar-refractivity contribution in [2.45, 2.75) is 13.5 Å². The maximum atomic E-state index is 13.4. The summed E-state index contributed by atoms with van der Waals surface area (Å²) < 4.78 is 1.74. The first-order valence-corrected chi connectivity index (χ1v) is 10.2. The van der Waals surface area contributed by atoms with Crippen LogP contribution in [0.5, 0.6) is 0 Å². The van der Waals surface area contributed by atoms with Crippen LogP contribution in [0.2, 0.25) is 0 Å². The van der Waals surface area contributed by atoms with E-state index in [0.717, 1.165) is 27.7 Å². The number of benzene rings is 2. The minimum atomic E-state index is -0.196. The summed E-state index contributed by atoms with van der Waals surface area (Å²) >= 11 is 0. The van der Waals surface area contributed by atoms with Gasteiger partial charge in [-0.2, -0.15) is 5.10 Å². The third-order valence-corrected chi connectivity index (χ3v) is 5.13. The van der Waals surface area contributed by atoms with E-state index in [1.807, 2.05) is 67.6 Å². The first kappa shape index (κ1) is 19.6. The van der Waals surface area contributed by atoms with Crippen molar-refractivity contribution in [2.24, 2.45) is 0 Å². The molecular weight excluding hydrogens is 400 g/mol. The maximum absolute atomic E-state index is 13.4. The largest absolute Gasteiger partial charge is 0.322 e. The van der Waals surface area contributed by atoms with Crippen LogP contribution in [0, 0.1) is 6.92 Å². The van der Waals surface area contributed by atoms with Crippen LogP contribution in [0.4, 0.5) is 5.69 Å². The van der Waals surface area contributed by atoms with E-state index in [2.05, 4.69) is 20.4 Å². The van der Waals surface area contributed by atoms with Crippen LogP contribution in [-0.2, 0) is 6.54 Å². The van der Waals surface area contributed by atoms with Crippen molar-refractivity contribution >= 4 is 22.5 Å². The minimum absolute atomic E-state index is 0.196. The molecule has 0 unspecified atom stereocenters. The Morgan fingerprint density at radius 1 is 1.00 bits per heavy atom. The molecule has 3 heterocycles. The Hall–Kier alpha value is -4.39. The van der Waals surface area contributed by atoms with E-state index < -0.39 is 0 Å². The number of anilines is 1. The highest BCUT2D eigenvalue weighted by atomic mass is 16.1. The summed E-state index contributed by atoms with van der Waals surface area (Å²) in [5.74, 6) is -0.196. The zero-order chi connectivity index (χ0) is 21.9. The molecule has 1 amide bonds. The standard InChI is InChI=1S/C25H20N6O/c1-17-8-9-22-20(11-17)21(13-24(30-22)23-7-2-3-10-27-23)25(32)29-19-6-4-5-18(12-19)14-31-16-26-15-28-31/h2-13,15-16H,14H2,1H3,(H,29,32). The van der Waals surface area contributed by atoms with E-state index in [1.165, 1.54) is 6.33 Å². The molecule has 3 aromatic heterocycles. The average molecular weight is 420 g/mol. The van der Waals surface area contributed by atoms with Crippen molar-refractivity contribution in [2.75, 3.05) is 5.32 Å². The number of fused-ring (bicyclic) bond motifs is 1. The Balaban J connectivity index is 1.51. The van der Waals surface area contributed by atoms with E-state index in [9.17, 15) is 4.79 Å². The topological polar surface area (TPSA) is 85.6 Å². The highest BCUT2D eigenvalue weighted by Gasteiger charge is 2.15. The van der Waals surface area contributed by atoms with Crippen LogP contribution >= 0.6 is 0 Å². The van der Waals surface area contributed by atoms with Crippen LogP contribution in [0.25, 0.3) is 22.3 Å². The van der Waals surface area contributed by atoms with Crippen molar-refractivity contribution < 1.29 is 4.79 Å². The first-order valence-electron chi connectivity index (χ1n) is 10.2. The Kier molecular flexibility index (Phi) is 5.13. The summed E-state index contributed by atoms with van der Waals surface area (Å²) in [5.41, 5.74) is 5.48. The van der Waals surface area contributed by atoms with Gasteiger partial charge in [0.2, 0.25) is 0 Å². The Labute approximate surface area is 184 Å². The Bertz CT molecular complexity index is 1400. The Morgan fingerprint density at radius 3 is 2.75 bits per heavy atom. The molecule has 0 bridgehead atoms. The fraction of sp³-hybridized carbons (Fsp3) is 0.0800. The lowest BCUT2D eigenvalue weighted by atomic mass is 10.0. The van der Waals surface area contributed by atoms with Crippen molar-refractivity contribution in [1.82, 2.24) is 24.7 Å². The van der Waals surface area contributed by atoms with Gasteiger partial charge in [0.15, 0.2) is 0 Å². The van der Waals surface area contributed by atoms with Gasteiger partial charge in [0.1, 0.15) is 12.7 Å². The van der Waals surface area contributed by atoms with Gasteiger partial charge >= 0.3 is 0 Å². The molecule has 0 aliphatic carbocycles. The third-order valence-electron chi connectivity index (χ3n) is 5.13. The van der Waals surface area contributed by atoms with Gasteiger partial charge in [0.05, 0.1) is 29.0 Å². The number of pyridine rings is 2. The van der Waals surface area contributed by atoms with E-state index in [0.29, 0.717) is 23.5 Å². The molecule has 7 nitrogen and oxygen atoms in total. The predicted molar refractivity (Wildman–Crippen MR) is 123 cm³/mol.